The predicted octanol–water partition coefficient (Wildman–Crippen LogP) is 2.60. The molecule has 3 rings (SSSR count). The zero-order valence-corrected chi connectivity index (χ0v) is 12.2. The van der Waals surface area contributed by atoms with Gasteiger partial charge in [-0.05, 0) is 35.6 Å². The number of fused-ring (bicyclic) bond motifs is 1. The number of hydrogen-bond donors (Lipinski definition) is 0. The molecule has 5 nitrogen and oxygen atoms in total. The monoisotopic (exact) mass is 285 g/mol. The van der Waals surface area contributed by atoms with Gasteiger partial charge in [-0.2, -0.15) is 5.10 Å². The molecule has 1 aliphatic rings. The number of benzene rings is 1. The van der Waals surface area contributed by atoms with Gasteiger partial charge >= 0.3 is 6.09 Å². The molecule has 1 aliphatic heterocycles. The number of amides is 1. The Morgan fingerprint density at radius 2 is 2.19 bits per heavy atom. The van der Waals surface area contributed by atoms with Gasteiger partial charge in [-0.15, -0.1) is 0 Å². The van der Waals surface area contributed by atoms with E-state index >= 15 is 0 Å². The van der Waals surface area contributed by atoms with E-state index in [4.69, 9.17) is 4.74 Å². The van der Waals surface area contributed by atoms with Crippen LogP contribution in [-0.2, 0) is 30.8 Å². The van der Waals surface area contributed by atoms with E-state index in [9.17, 15) is 4.79 Å². The maximum absolute atomic E-state index is 11.6. The first kappa shape index (κ1) is 13.7. The summed E-state index contributed by atoms with van der Waals surface area (Å²) < 4.78 is 6.73. The lowest BCUT2D eigenvalue weighted by Crippen LogP contribution is -2.24. The summed E-state index contributed by atoms with van der Waals surface area (Å²) in [5.41, 5.74) is 3.76. The van der Waals surface area contributed by atoms with E-state index in [0.29, 0.717) is 13.1 Å². The number of rotatable bonds is 4. The predicted molar refractivity (Wildman–Crippen MR) is 78.6 cm³/mol. The third-order valence-electron chi connectivity index (χ3n) is 3.84. The summed E-state index contributed by atoms with van der Waals surface area (Å²) in [4.78, 5) is 13.3. The highest BCUT2D eigenvalue weighted by Crippen LogP contribution is 2.24. The average molecular weight is 285 g/mol. The van der Waals surface area contributed by atoms with Crippen molar-refractivity contribution < 1.29 is 9.53 Å². The molecule has 0 saturated heterocycles. The van der Waals surface area contributed by atoms with Crippen LogP contribution in [0.4, 0.5) is 4.79 Å². The number of methoxy groups -OCH3 is 1. The molecule has 0 aliphatic carbocycles. The third-order valence-corrected chi connectivity index (χ3v) is 3.84. The van der Waals surface area contributed by atoms with E-state index in [2.05, 4.69) is 23.3 Å². The van der Waals surface area contributed by atoms with Crippen LogP contribution < -0.4 is 0 Å². The smallest absolute Gasteiger partial charge is 0.410 e. The molecule has 1 aromatic heterocycles. The van der Waals surface area contributed by atoms with Crippen molar-refractivity contribution in [3.63, 3.8) is 0 Å². The van der Waals surface area contributed by atoms with Crippen LogP contribution in [0.3, 0.4) is 0 Å². The standard InChI is InChI=1S/C16H19N3O2/c1-21-16(20)18-11-14-6-5-13(10-15(14)12-18)4-2-8-19-9-3-7-17-19/h3,5-7,9-10H,2,4,8,11-12H2,1H3. The average Bonchev–Trinajstić information content (AvgIpc) is 3.14. The molecule has 0 unspecified atom stereocenters. The fourth-order valence-electron chi connectivity index (χ4n) is 2.74. The quantitative estimate of drug-likeness (QED) is 0.867. The van der Waals surface area contributed by atoms with Crippen LogP contribution >= 0.6 is 0 Å². The first-order valence-corrected chi connectivity index (χ1v) is 7.17. The Kier molecular flexibility index (Phi) is 3.90. The maximum Gasteiger partial charge on any atom is 0.410 e. The summed E-state index contributed by atoms with van der Waals surface area (Å²) in [6.07, 6.45) is 5.60. The Morgan fingerprint density at radius 3 is 2.95 bits per heavy atom. The van der Waals surface area contributed by atoms with E-state index in [1.807, 2.05) is 16.9 Å². The first-order valence-electron chi connectivity index (χ1n) is 7.17. The molecule has 2 aromatic rings. The molecule has 0 bridgehead atoms. The largest absolute Gasteiger partial charge is 0.453 e. The Labute approximate surface area is 124 Å². The number of aryl methyl sites for hydroxylation is 2. The van der Waals surface area contributed by atoms with Crippen LogP contribution in [0.15, 0.2) is 36.7 Å². The fourth-order valence-corrected chi connectivity index (χ4v) is 2.74. The molecule has 21 heavy (non-hydrogen) atoms. The zero-order valence-electron chi connectivity index (χ0n) is 12.2. The summed E-state index contributed by atoms with van der Waals surface area (Å²) >= 11 is 0. The van der Waals surface area contributed by atoms with Crippen molar-refractivity contribution in [2.75, 3.05) is 7.11 Å². The van der Waals surface area contributed by atoms with Crippen molar-refractivity contribution in [2.45, 2.75) is 32.5 Å². The minimum atomic E-state index is -0.258. The number of aromatic nitrogens is 2. The lowest BCUT2D eigenvalue weighted by atomic mass is 10.0. The molecule has 0 saturated carbocycles. The highest BCUT2D eigenvalue weighted by Gasteiger charge is 2.23. The van der Waals surface area contributed by atoms with Crippen molar-refractivity contribution >= 4 is 6.09 Å². The van der Waals surface area contributed by atoms with Crippen molar-refractivity contribution in [1.82, 2.24) is 14.7 Å². The molecule has 1 amide bonds. The third kappa shape index (κ3) is 3.07. The fraction of sp³-hybridized carbons (Fsp3) is 0.375. The summed E-state index contributed by atoms with van der Waals surface area (Å²) in [7, 11) is 1.42. The van der Waals surface area contributed by atoms with Crippen molar-refractivity contribution in [3.8, 4) is 0 Å². The van der Waals surface area contributed by atoms with Gasteiger partial charge < -0.3 is 4.74 Å². The second-order valence-electron chi connectivity index (χ2n) is 5.30. The highest BCUT2D eigenvalue weighted by atomic mass is 16.5. The van der Waals surface area contributed by atoms with Gasteiger partial charge in [0.25, 0.3) is 0 Å². The van der Waals surface area contributed by atoms with E-state index in [-0.39, 0.29) is 6.09 Å². The van der Waals surface area contributed by atoms with Crippen molar-refractivity contribution in [2.24, 2.45) is 0 Å². The van der Waals surface area contributed by atoms with Gasteiger partial charge in [0.05, 0.1) is 7.11 Å². The first-order chi connectivity index (χ1) is 10.3. The second kappa shape index (κ2) is 5.99. The SMILES string of the molecule is COC(=O)N1Cc2ccc(CCCn3cccn3)cc2C1. The number of carbonyl (C=O) groups is 1. The van der Waals surface area contributed by atoms with E-state index in [1.54, 1.807) is 11.1 Å². The van der Waals surface area contributed by atoms with Crippen LogP contribution in [0.25, 0.3) is 0 Å². The highest BCUT2D eigenvalue weighted by molar-refractivity contribution is 5.68. The van der Waals surface area contributed by atoms with E-state index in [1.165, 1.54) is 23.8 Å². The molecule has 5 heteroatoms. The van der Waals surface area contributed by atoms with Gasteiger partial charge in [0.2, 0.25) is 0 Å². The number of ether oxygens (including phenoxy) is 1. The van der Waals surface area contributed by atoms with Crippen LogP contribution in [-0.4, -0.2) is 27.9 Å². The van der Waals surface area contributed by atoms with Crippen molar-refractivity contribution in [1.29, 1.82) is 0 Å². The number of carbonyl (C=O) groups excluding carboxylic acids is 1. The Bertz CT molecular complexity index is 622. The minimum absolute atomic E-state index is 0.258. The summed E-state index contributed by atoms with van der Waals surface area (Å²) in [6.45, 7) is 2.23. The van der Waals surface area contributed by atoms with Gasteiger partial charge in [0.15, 0.2) is 0 Å². The van der Waals surface area contributed by atoms with Crippen LogP contribution in [0, 0.1) is 0 Å². The molecular formula is C16H19N3O2. The van der Waals surface area contributed by atoms with Gasteiger partial charge in [0.1, 0.15) is 0 Å². The van der Waals surface area contributed by atoms with E-state index < -0.39 is 0 Å². The summed E-state index contributed by atoms with van der Waals surface area (Å²) in [6, 6.07) is 8.43. The zero-order chi connectivity index (χ0) is 14.7. The van der Waals surface area contributed by atoms with Crippen molar-refractivity contribution in [3.05, 3.63) is 53.3 Å². The Balaban J connectivity index is 1.59. The molecule has 0 atom stereocenters. The second-order valence-corrected chi connectivity index (χ2v) is 5.30. The minimum Gasteiger partial charge on any atom is -0.453 e. The maximum atomic E-state index is 11.6. The summed E-state index contributed by atoms with van der Waals surface area (Å²) in [5, 5.41) is 4.20. The van der Waals surface area contributed by atoms with Gasteiger partial charge in [-0.1, -0.05) is 18.2 Å². The molecule has 0 fully saturated rings. The molecule has 0 spiro atoms. The lowest BCUT2D eigenvalue weighted by Gasteiger charge is -2.12. The Hall–Kier alpha value is -2.30. The van der Waals surface area contributed by atoms with Gasteiger partial charge in [0, 0.05) is 32.0 Å². The van der Waals surface area contributed by atoms with Gasteiger partial charge in [-0.25, -0.2) is 4.79 Å². The normalized spacial score (nSPS) is 13.3. The number of nitrogens with zero attached hydrogens (tertiary/aromatic N) is 3. The Morgan fingerprint density at radius 1 is 1.33 bits per heavy atom. The van der Waals surface area contributed by atoms with Gasteiger partial charge in [-0.3, -0.25) is 9.58 Å². The van der Waals surface area contributed by atoms with Crippen LogP contribution in [0.5, 0.6) is 0 Å². The van der Waals surface area contributed by atoms with E-state index in [0.717, 1.165) is 19.4 Å². The summed E-state index contributed by atoms with van der Waals surface area (Å²) in [5.74, 6) is 0. The lowest BCUT2D eigenvalue weighted by molar-refractivity contribution is 0.123. The topological polar surface area (TPSA) is 47.4 Å². The van der Waals surface area contributed by atoms with Crippen LogP contribution in [0.2, 0.25) is 0 Å². The molecule has 2 heterocycles. The van der Waals surface area contributed by atoms with Crippen LogP contribution in [0.1, 0.15) is 23.1 Å². The molecule has 0 radical (unpaired) electrons. The molecule has 1 aromatic carbocycles. The molecule has 0 N–H and O–H groups in total. The molecule has 110 valence electrons. The number of hydrogen-bond acceptors (Lipinski definition) is 3. The molecular weight excluding hydrogens is 266 g/mol.